The first kappa shape index (κ1) is 16.4. The lowest BCUT2D eigenvalue weighted by molar-refractivity contribution is -0.137. The van der Waals surface area contributed by atoms with E-state index in [1.807, 2.05) is 11.8 Å². The summed E-state index contributed by atoms with van der Waals surface area (Å²) in [4.78, 5) is 5.90. The van der Waals surface area contributed by atoms with Gasteiger partial charge in [-0.25, -0.2) is 4.98 Å². The largest absolute Gasteiger partial charge is 0.417 e. The summed E-state index contributed by atoms with van der Waals surface area (Å²) in [5.74, 6) is 0.956. The number of pyridine rings is 1. The normalized spacial score (nSPS) is 17.0. The molecule has 0 atom stereocenters. The van der Waals surface area contributed by atoms with E-state index in [9.17, 15) is 13.2 Å². The molecular formula is C14H19ClF3N3. The molecule has 0 aliphatic carbocycles. The first-order valence-corrected chi connectivity index (χ1v) is 7.48. The van der Waals surface area contributed by atoms with Crippen molar-refractivity contribution in [3.8, 4) is 0 Å². The Morgan fingerprint density at radius 1 is 1.38 bits per heavy atom. The SMILES string of the molecule is CCN(CC1CCNCC1)c1ncc(C(F)(F)F)cc1Cl. The molecule has 1 aromatic rings. The molecule has 118 valence electrons. The monoisotopic (exact) mass is 321 g/mol. The minimum absolute atomic E-state index is 0.0561. The van der Waals surface area contributed by atoms with Crippen LogP contribution in [0.3, 0.4) is 0 Å². The van der Waals surface area contributed by atoms with Crippen LogP contribution in [0, 0.1) is 5.92 Å². The molecule has 0 amide bonds. The Balaban J connectivity index is 2.14. The number of halogens is 4. The number of hydrogen-bond donors (Lipinski definition) is 1. The lowest BCUT2D eigenvalue weighted by Gasteiger charge is -2.30. The van der Waals surface area contributed by atoms with E-state index in [2.05, 4.69) is 10.3 Å². The molecule has 1 aliphatic rings. The first-order valence-electron chi connectivity index (χ1n) is 7.10. The molecule has 2 heterocycles. The molecule has 1 fully saturated rings. The molecule has 7 heteroatoms. The number of aromatic nitrogens is 1. The van der Waals surface area contributed by atoms with E-state index < -0.39 is 11.7 Å². The van der Waals surface area contributed by atoms with Crippen LogP contribution in [0.1, 0.15) is 25.3 Å². The van der Waals surface area contributed by atoms with E-state index in [0.717, 1.165) is 44.7 Å². The highest BCUT2D eigenvalue weighted by Gasteiger charge is 2.32. The molecule has 21 heavy (non-hydrogen) atoms. The molecule has 3 nitrogen and oxygen atoms in total. The summed E-state index contributed by atoms with van der Waals surface area (Å²) in [6, 6.07) is 0.953. The van der Waals surface area contributed by atoms with Crippen LogP contribution < -0.4 is 10.2 Å². The highest BCUT2D eigenvalue weighted by atomic mass is 35.5. The lowest BCUT2D eigenvalue weighted by Crippen LogP contribution is -2.36. The van der Waals surface area contributed by atoms with E-state index in [0.29, 0.717) is 18.3 Å². The molecule has 0 spiro atoms. The Hall–Kier alpha value is -1.01. The maximum Gasteiger partial charge on any atom is 0.417 e. The van der Waals surface area contributed by atoms with Crippen molar-refractivity contribution in [3.63, 3.8) is 0 Å². The molecule has 0 radical (unpaired) electrons. The van der Waals surface area contributed by atoms with Crippen LogP contribution in [0.15, 0.2) is 12.3 Å². The maximum absolute atomic E-state index is 12.6. The Bertz CT molecular complexity index is 473. The molecular weight excluding hydrogens is 303 g/mol. The first-order chi connectivity index (χ1) is 9.91. The number of piperidine rings is 1. The molecule has 1 saturated heterocycles. The number of hydrogen-bond acceptors (Lipinski definition) is 3. The number of alkyl halides is 3. The fraction of sp³-hybridized carbons (Fsp3) is 0.643. The molecule has 0 saturated carbocycles. The second kappa shape index (κ2) is 6.83. The van der Waals surface area contributed by atoms with Crippen molar-refractivity contribution in [1.82, 2.24) is 10.3 Å². The third-order valence-electron chi connectivity index (χ3n) is 3.77. The molecule has 1 aliphatic heterocycles. The third kappa shape index (κ3) is 4.23. The molecule has 0 aromatic carbocycles. The number of nitrogens with one attached hydrogen (secondary N) is 1. The van der Waals surface area contributed by atoms with Crippen molar-refractivity contribution in [2.45, 2.75) is 25.9 Å². The summed E-state index contributed by atoms with van der Waals surface area (Å²) in [6.45, 7) is 5.36. The summed E-state index contributed by atoms with van der Waals surface area (Å²) in [5, 5.41) is 3.35. The van der Waals surface area contributed by atoms with Gasteiger partial charge in [0, 0.05) is 19.3 Å². The van der Waals surface area contributed by atoms with Gasteiger partial charge < -0.3 is 10.2 Å². The van der Waals surface area contributed by atoms with Gasteiger partial charge >= 0.3 is 6.18 Å². The summed E-state index contributed by atoms with van der Waals surface area (Å²) < 4.78 is 37.9. The third-order valence-corrected chi connectivity index (χ3v) is 4.05. The molecule has 2 rings (SSSR count). The quantitative estimate of drug-likeness (QED) is 0.918. The van der Waals surface area contributed by atoms with Gasteiger partial charge in [-0.15, -0.1) is 0 Å². The van der Waals surface area contributed by atoms with Gasteiger partial charge in [-0.3, -0.25) is 0 Å². The fourth-order valence-electron chi connectivity index (χ4n) is 2.56. The van der Waals surface area contributed by atoms with Gasteiger partial charge in [0.1, 0.15) is 5.82 Å². The van der Waals surface area contributed by atoms with Crippen LogP contribution in [0.25, 0.3) is 0 Å². The minimum atomic E-state index is -4.42. The zero-order valence-corrected chi connectivity index (χ0v) is 12.6. The predicted octanol–water partition coefficient (Wildman–Crippen LogP) is 3.58. The highest BCUT2D eigenvalue weighted by Crippen LogP contribution is 2.33. The Morgan fingerprint density at radius 2 is 2.05 bits per heavy atom. The Labute approximate surface area is 127 Å². The topological polar surface area (TPSA) is 28.2 Å². The Morgan fingerprint density at radius 3 is 2.57 bits per heavy atom. The van der Waals surface area contributed by atoms with E-state index in [1.54, 1.807) is 0 Å². The van der Waals surface area contributed by atoms with Crippen LogP contribution in [-0.2, 0) is 6.18 Å². The molecule has 0 unspecified atom stereocenters. The highest BCUT2D eigenvalue weighted by molar-refractivity contribution is 6.33. The van der Waals surface area contributed by atoms with Gasteiger partial charge in [0.15, 0.2) is 0 Å². The zero-order valence-electron chi connectivity index (χ0n) is 11.9. The number of anilines is 1. The van der Waals surface area contributed by atoms with Crippen molar-refractivity contribution in [3.05, 3.63) is 22.8 Å². The Kier molecular flexibility index (Phi) is 5.32. The van der Waals surface area contributed by atoms with Gasteiger partial charge in [0.05, 0.1) is 10.6 Å². The van der Waals surface area contributed by atoms with E-state index in [4.69, 9.17) is 11.6 Å². The van der Waals surface area contributed by atoms with Crippen LogP contribution >= 0.6 is 11.6 Å². The van der Waals surface area contributed by atoms with Crippen molar-refractivity contribution >= 4 is 17.4 Å². The second-order valence-electron chi connectivity index (χ2n) is 5.26. The molecule has 1 aromatic heterocycles. The van der Waals surface area contributed by atoms with Crippen molar-refractivity contribution in [2.75, 3.05) is 31.1 Å². The van der Waals surface area contributed by atoms with Crippen LogP contribution in [0.2, 0.25) is 5.02 Å². The van der Waals surface area contributed by atoms with E-state index >= 15 is 0 Å². The maximum atomic E-state index is 12.6. The average molecular weight is 322 g/mol. The average Bonchev–Trinajstić information content (AvgIpc) is 2.45. The van der Waals surface area contributed by atoms with Crippen LogP contribution in [-0.4, -0.2) is 31.2 Å². The standard InChI is InChI=1S/C14H19ClF3N3/c1-2-21(9-10-3-5-19-6-4-10)13-12(15)7-11(8-20-13)14(16,17)18/h7-8,10,19H,2-6,9H2,1H3. The number of nitrogens with zero attached hydrogens (tertiary/aromatic N) is 2. The second-order valence-corrected chi connectivity index (χ2v) is 5.67. The van der Waals surface area contributed by atoms with Crippen LogP contribution in [0.4, 0.5) is 19.0 Å². The van der Waals surface area contributed by atoms with Gasteiger partial charge in [-0.2, -0.15) is 13.2 Å². The smallest absolute Gasteiger partial charge is 0.355 e. The van der Waals surface area contributed by atoms with Gasteiger partial charge in [-0.1, -0.05) is 11.6 Å². The van der Waals surface area contributed by atoms with E-state index in [-0.39, 0.29) is 5.02 Å². The van der Waals surface area contributed by atoms with Gasteiger partial charge in [0.25, 0.3) is 0 Å². The number of rotatable bonds is 4. The predicted molar refractivity (Wildman–Crippen MR) is 77.7 cm³/mol. The lowest BCUT2D eigenvalue weighted by atomic mass is 9.97. The van der Waals surface area contributed by atoms with Crippen molar-refractivity contribution in [2.24, 2.45) is 5.92 Å². The van der Waals surface area contributed by atoms with Crippen LogP contribution in [0.5, 0.6) is 0 Å². The molecule has 1 N–H and O–H groups in total. The summed E-state index contributed by atoms with van der Waals surface area (Å²) in [6.07, 6.45) is -1.43. The minimum Gasteiger partial charge on any atom is -0.355 e. The van der Waals surface area contributed by atoms with Crippen molar-refractivity contribution < 1.29 is 13.2 Å². The van der Waals surface area contributed by atoms with Gasteiger partial charge in [0.2, 0.25) is 0 Å². The summed E-state index contributed by atoms with van der Waals surface area (Å²) in [7, 11) is 0. The van der Waals surface area contributed by atoms with E-state index in [1.165, 1.54) is 0 Å². The zero-order chi connectivity index (χ0) is 15.5. The summed E-state index contributed by atoms with van der Waals surface area (Å²) >= 11 is 6.01. The fourth-order valence-corrected chi connectivity index (χ4v) is 2.85. The molecule has 0 bridgehead atoms. The van der Waals surface area contributed by atoms with Crippen molar-refractivity contribution in [1.29, 1.82) is 0 Å². The summed E-state index contributed by atoms with van der Waals surface area (Å²) in [5.41, 5.74) is -0.811. The van der Waals surface area contributed by atoms with Gasteiger partial charge in [-0.05, 0) is 44.8 Å².